The normalized spacial score (nSPS) is 39.6. The van der Waals surface area contributed by atoms with Crippen LogP contribution >= 0.6 is 0 Å². The van der Waals surface area contributed by atoms with E-state index in [2.05, 4.69) is 0 Å². The predicted octanol–water partition coefficient (Wildman–Crippen LogP) is 4.82. The van der Waals surface area contributed by atoms with E-state index in [-0.39, 0.29) is 18.8 Å². The Morgan fingerprint density at radius 3 is 1.57 bits per heavy atom. The molecule has 1 radical (unpaired) electrons. The Labute approximate surface area is 174 Å². The van der Waals surface area contributed by atoms with Crippen molar-refractivity contribution in [1.29, 1.82) is 0 Å². The molecule has 0 spiro atoms. The highest BCUT2D eigenvalue weighted by Gasteiger charge is 2.77. The summed E-state index contributed by atoms with van der Waals surface area (Å²) in [5.41, 5.74) is -1.56. The Hall–Kier alpha value is -0.580. The minimum absolute atomic E-state index is 0.210. The minimum Gasteiger partial charge on any atom is -0.225 e. The Balaban J connectivity index is 1.85. The first kappa shape index (κ1) is 22.6. The maximum Gasteiger partial charge on any atom is 0.628 e. The van der Waals surface area contributed by atoms with E-state index in [9.17, 15) is 26.3 Å². The van der Waals surface area contributed by atoms with Crippen molar-refractivity contribution in [3.05, 3.63) is 0 Å². The Bertz CT molecular complexity index is 565. The van der Waals surface area contributed by atoms with Gasteiger partial charge in [-0.1, -0.05) is 5.01 Å². The van der Waals surface area contributed by atoms with E-state index >= 15 is 0 Å². The van der Waals surface area contributed by atoms with E-state index in [4.69, 9.17) is 0 Å². The molecule has 6 rings (SSSR count). The molecule has 0 aromatic carbocycles. The van der Waals surface area contributed by atoms with Crippen LogP contribution in [-0.4, -0.2) is 62.9 Å². The lowest BCUT2D eigenvalue weighted by atomic mass is 9.57. The predicted molar refractivity (Wildman–Crippen MR) is 99.9 cm³/mol. The van der Waals surface area contributed by atoms with Gasteiger partial charge in [0.1, 0.15) is 0 Å². The number of alkyl halides is 6. The van der Waals surface area contributed by atoms with Crippen LogP contribution in [0.15, 0.2) is 0 Å². The fraction of sp³-hybridized carbons (Fsp3) is 1.00. The monoisotopic (exact) mass is 442 g/mol. The van der Waals surface area contributed by atoms with E-state index in [1.165, 1.54) is 10.0 Å². The summed E-state index contributed by atoms with van der Waals surface area (Å²) < 4.78 is 85.3. The molecular weight excluding hydrogens is 410 g/mol. The highest BCUT2D eigenvalue weighted by Crippen LogP contribution is 2.59. The van der Waals surface area contributed by atoms with Gasteiger partial charge in [0.25, 0.3) is 0 Å². The lowest BCUT2D eigenvalue weighted by Crippen LogP contribution is -2.86. The molecule has 2 aliphatic carbocycles. The highest BCUT2D eigenvalue weighted by atomic mass is 19.4. The van der Waals surface area contributed by atoms with Gasteiger partial charge in [-0.05, 0) is 60.8 Å². The summed E-state index contributed by atoms with van der Waals surface area (Å²) in [6, 6.07) is -2.76. The Morgan fingerprint density at radius 1 is 0.633 bits per heavy atom. The van der Waals surface area contributed by atoms with Crippen molar-refractivity contribution in [3.63, 3.8) is 0 Å². The van der Waals surface area contributed by atoms with Crippen LogP contribution in [0.25, 0.3) is 0 Å². The molecule has 4 saturated heterocycles. The van der Waals surface area contributed by atoms with Gasteiger partial charge in [0.15, 0.2) is 6.04 Å². The number of rotatable bonds is 0. The second-order valence-corrected chi connectivity index (χ2v) is 11.2. The van der Waals surface area contributed by atoms with Gasteiger partial charge in [-0.15, -0.1) is 18.2 Å². The molecule has 0 aromatic rings. The highest BCUT2D eigenvalue weighted by molar-refractivity contribution is 5.17. The fourth-order valence-corrected chi connectivity index (χ4v) is 7.03. The van der Waals surface area contributed by atoms with Crippen molar-refractivity contribution in [2.45, 2.75) is 115 Å². The molecule has 6 aliphatic rings. The summed E-state index contributed by atoms with van der Waals surface area (Å²) in [6.07, 6.45) is -7.51. The molecule has 4 aliphatic heterocycles. The van der Waals surface area contributed by atoms with E-state index in [1.807, 2.05) is 0 Å². The minimum atomic E-state index is -4.62. The largest absolute Gasteiger partial charge is 0.628 e. The fourth-order valence-electron chi connectivity index (χ4n) is 7.03. The quantitative estimate of drug-likeness (QED) is 0.304. The summed E-state index contributed by atoms with van der Waals surface area (Å²) in [5, 5.41) is 3.86. The van der Waals surface area contributed by atoms with Gasteiger partial charge in [-0.3, -0.25) is 0 Å². The van der Waals surface area contributed by atoms with Crippen molar-refractivity contribution in [2.24, 2.45) is 11.8 Å². The zero-order valence-corrected chi connectivity index (χ0v) is 18.3. The average molecular weight is 442 g/mol. The van der Waals surface area contributed by atoms with Crippen LogP contribution in [0.4, 0.5) is 26.3 Å². The summed E-state index contributed by atoms with van der Waals surface area (Å²) in [4.78, 5) is 0. The SMILES string of the molecule is CC(C)(C)N1[C@@H]2CC[C@@H](C3C2[C@@H]2CC[C@H]3[N+](C(F)(F)F)N2C(C)(C)C)N1C(F)(F)F. The molecule has 0 amide bonds. The summed E-state index contributed by atoms with van der Waals surface area (Å²) in [5.74, 6) is -0.860. The number of hydrogen-bond acceptors (Lipinski definition) is 4. The first-order valence-corrected chi connectivity index (χ1v) is 10.8. The average Bonchev–Trinajstić information content (AvgIpc) is 2.58. The third-order valence-corrected chi connectivity index (χ3v) is 7.35. The van der Waals surface area contributed by atoms with Crippen LogP contribution in [-0.2, 0) is 0 Å². The third kappa shape index (κ3) is 3.19. The van der Waals surface area contributed by atoms with E-state index in [1.54, 1.807) is 41.5 Å². The van der Waals surface area contributed by atoms with Crippen molar-refractivity contribution in [1.82, 2.24) is 20.0 Å². The lowest BCUT2D eigenvalue weighted by Gasteiger charge is -2.69. The van der Waals surface area contributed by atoms with Gasteiger partial charge in [0, 0.05) is 40.9 Å². The molecule has 2 saturated carbocycles. The topological polar surface area (TPSA) is 15.6 Å². The van der Waals surface area contributed by atoms with E-state index in [0.29, 0.717) is 22.9 Å². The molecule has 4 heterocycles. The van der Waals surface area contributed by atoms with Gasteiger partial charge in [0.2, 0.25) is 0 Å². The third-order valence-electron chi connectivity index (χ3n) is 7.35. The number of fused-ring (bicyclic) bond motifs is 4. The van der Waals surface area contributed by atoms with Gasteiger partial charge < -0.3 is 0 Å². The first-order chi connectivity index (χ1) is 13.5. The molecule has 30 heavy (non-hydrogen) atoms. The molecule has 10 heteroatoms. The van der Waals surface area contributed by atoms with Crippen LogP contribution in [0.1, 0.15) is 67.2 Å². The van der Waals surface area contributed by atoms with Crippen molar-refractivity contribution < 1.29 is 26.3 Å². The number of halogens is 6. The van der Waals surface area contributed by atoms with E-state index < -0.39 is 53.8 Å². The number of nitrogens with zero attached hydrogens (tertiary/aromatic N) is 4. The van der Waals surface area contributed by atoms with Crippen molar-refractivity contribution >= 4 is 0 Å². The maximum atomic E-state index is 14.2. The second-order valence-electron chi connectivity index (χ2n) is 11.2. The molecule has 6 atom stereocenters. The smallest absolute Gasteiger partial charge is 0.225 e. The summed E-state index contributed by atoms with van der Waals surface area (Å²) in [6.45, 7) is 10.5. The van der Waals surface area contributed by atoms with E-state index in [0.717, 1.165) is 0 Å². The lowest BCUT2D eigenvalue weighted by molar-refractivity contribution is -0.418. The summed E-state index contributed by atoms with van der Waals surface area (Å²) >= 11 is 0. The van der Waals surface area contributed by atoms with Crippen LogP contribution < -0.4 is 5.01 Å². The molecular formula is C20H32F6N4+. The molecule has 173 valence electrons. The zero-order chi connectivity index (χ0) is 22.6. The van der Waals surface area contributed by atoms with Gasteiger partial charge in [-0.2, -0.15) is 13.2 Å². The first-order valence-electron chi connectivity index (χ1n) is 10.8. The number of hydrazine groups is 2. The molecule has 2 unspecified atom stereocenters. The Kier molecular flexibility index (Phi) is 4.88. The van der Waals surface area contributed by atoms with Gasteiger partial charge in [-0.25, -0.2) is 5.01 Å². The molecule has 4 nitrogen and oxygen atoms in total. The number of hydrogen-bond donors (Lipinski definition) is 0. The van der Waals surface area contributed by atoms with Crippen molar-refractivity contribution in [2.75, 3.05) is 0 Å². The molecule has 0 N–H and O–H groups in total. The van der Waals surface area contributed by atoms with Crippen LogP contribution in [0.3, 0.4) is 0 Å². The van der Waals surface area contributed by atoms with Crippen LogP contribution in [0, 0.1) is 11.8 Å². The van der Waals surface area contributed by atoms with Gasteiger partial charge >= 0.3 is 12.6 Å². The molecule has 0 aromatic heterocycles. The van der Waals surface area contributed by atoms with Crippen LogP contribution in [0.2, 0.25) is 0 Å². The molecule has 6 fully saturated rings. The summed E-state index contributed by atoms with van der Waals surface area (Å²) in [7, 11) is 0. The standard InChI is InChI=1S/C20H32F6N4/c1-17(2,3)27-11-7-9-13(29(27)19(21,22)23)16-14-10-8-12(15(11)16)28(18(4,5)6)30(14)20(24,25)26/h11-16H,7-10H2,1-6H3/q+1/t11-,12+,13+,14-,15?,16?. The van der Waals surface area contributed by atoms with Gasteiger partial charge in [0.05, 0.1) is 11.6 Å². The van der Waals surface area contributed by atoms with Crippen molar-refractivity contribution in [3.8, 4) is 0 Å². The second kappa shape index (κ2) is 6.48. The maximum absolute atomic E-state index is 14.2. The van der Waals surface area contributed by atoms with Crippen LogP contribution in [0.5, 0.6) is 0 Å². The zero-order valence-electron chi connectivity index (χ0n) is 18.3. The molecule has 4 bridgehead atoms. The Morgan fingerprint density at radius 2 is 1.13 bits per heavy atom.